The summed E-state index contributed by atoms with van der Waals surface area (Å²) in [7, 11) is 0. The number of benzene rings is 1. The molecule has 1 aromatic heterocycles. The Morgan fingerprint density at radius 1 is 1.06 bits per heavy atom. The molecule has 0 fully saturated rings. The summed E-state index contributed by atoms with van der Waals surface area (Å²) in [5.74, 6) is 0. The second-order valence-electron chi connectivity index (χ2n) is 5.56. The Labute approximate surface area is 104 Å². The molecule has 0 aliphatic rings. The molecule has 1 aromatic carbocycles. The average Bonchev–Trinajstić information content (AvgIpc) is 2.76. The van der Waals surface area contributed by atoms with E-state index in [0.29, 0.717) is 0 Å². The van der Waals surface area contributed by atoms with Crippen LogP contribution in [-0.2, 0) is 12.0 Å². The number of aryl methyl sites for hydroxylation is 1. The number of rotatable bonds is 2. The molecule has 0 unspecified atom stereocenters. The minimum Gasteiger partial charge on any atom is -0.354 e. The van der Waals surface area contributed by atoms with Crippen LogP contribution < -0.4 is 0 Å². The first-order chi connectivity index (χ1) is 8.00. The number of aromatic nitrogens is 1. The zero-order valence-electron chi connectivity index (χ0n) is 11.2. The maximum Gasteiger partial charge on any atom is 0.0191 e. The molecule has 0 bridgehead atoms. The summed E-state index contributed by atoms with van der Waals surface area (Å²) >= 11 is 0. The van der Waals surface area contributed by atoms with Gasteiger partial charge in [-0.3, -0.25) is 0 Å². The first kappa shape index (κ1) is 12.0. The summed E-state index contributed by atoms with van der Waals surface area (Å²) in [6.07, 6.45) is 4.35. The van der Waals surface area contributed by atoms with Gasteiger partial charge >= 0.3 is 0 Å². The van der Waals surface area contributed by atoms with E-state index < -0.39 is 0 Å². The third-order valence-electron chi connectivity index (χ3n) is 3.18. The van der Waals surface area contributed by atoms with E-state index in [1.165, 1.54) is 16.7 Å². The minimum atomic E-state index is 0.212. The first-order valence-corrected chi connectivity index (χ1v) is 6.27. The summed E-state index contributed by atoms with van der Waals surface area (Å²) in [5.41, 5.74) is 4.21. The van der Waals surface area contributed by atoms with Gasteiger partial charge in [-0.15, -0.1) is 0 Å². The van der Waals surface area contributed by atoms with Crippen molar-refractivity contribution in [1.29, 1.82) is 0 Å². The predicted molar refractivity (Wildman–Crippen MR) is 74.2 cm³/mol. The maximum atomic E-state index is 2.30. The van der Waals surface area contributed by atoms with Gasteiger partial charge in [-0.05, 0) is 35.1 Å². The van der Waals surface area contributed by atoms with Crippen molar-refractivity contribution in [1.82, 2.24) is 4.57 Å². The lowest BCUT2D eigenvalue weighted by Gasteiger charge is -2.19. The van der Waals surface area contributed by atoms with E-state index in [1.54, 1.807) is 0 Å². The topological polar surface area (TPSA) is 4.93 Å². The molecule has 1 heteroatoms. The van der Waals surface area contributed by atoms with E-state index in [1.807, 2.05) is 0 Å². The molecule has 90 valence electrons. The quantitative estimate of drug-likeness (QED) is 0.713. The third-order valence-corrected chi connectivity index (χ3v) is 3.18. The normalized spacial score (nSPS) is 11.8. The Bertz CT molecular complexity index is 500. The van der Waals surface area contributed by atoms with Gasteiger partial charge in [0.15, 0.2) is 0 Å². The van der Waals surface area contributed by atoms with Crippen LogP contribution in [0.5, 0.6) is 0 Å². The lowest BCUT2D eigenvalue weighted by Crippen LogP contribution is -2.10. The molecule has 0 aliphatic carbocycles. The fourth-order valence-corrected chi connectivity index (χ4v) is 1.97. The average molecular weight is 227 g/mol. The maximum absolute atomic E-state index is 2.30. The molecule has 0 saturated carbocycles. The highest BCUT2D eigenvalue weighted by Crippen LogP contribution is 2.27. The SMILES string of the molecule is CCn1ccc(-c2cccc(C(C)(C)C)c2)c1. The van der Waals surface area contributed by atoms with Crippen molar-refractivity contribution < 1.29 is 0 Å². The fraction of sp³-hybridized carbons (Fsp3) is 0.375. The molecular weight excluding hydrogens is 206 g/mol. The largest absolute Gasteiger partial charge is 0.354 e. The molecule has 17 heavy (non-hydrogen) atoms. The van der Waals surface area contributed by atoms with Crippen LogP contribution in [-0.4, -0.2) is 4.57 Å². The molecule has 0 N–H and O–H groups in total. The highest BCUT2D eigenvalue weighted by Gasteiger charge is 2.14. The Morgan fingerprint density at radius 2 is 1.82 bits per heavy atom. The van der Waals surface area contributed by atoms with Gasteiger partial charge in [-0.2, -0.15) is 0 Å². The van der Waals surface area contributed by atoms with E-state index in [4.69, 9.17) is 0 Å². The second-order valence-corrected chi connectivity index (χ2v) is 5.56. The predicted octanol–water partition coefficient (Wildman–Crippen LogP) is 4.47. The molecule has 2 aromatic rings. The van der Waals surface area contributed by atoms with Gasteiger partial charge in [0.05, 0.1) is 0 Å². The molecule has 0 amide bonds. The van der Waals surface area contributed by atoms with Crippen LogP contribution >= 0.6 is 0 Å². The molecule has 0 spiro atoms. The zero-order valence-corrected chi connectivity index (χ0v) is 11.2. The van der Waals surface area contributed by atoms with Crippen LogP contribution in [0.3, 0.4) is 0 Å². The number of hydrogen-bond acceptors (Lipinski definition) is 0. The lowest BCUT2D eigenvalue weighted by molar-refractivity contribution is 0.590. The fourth-order valence-electron chi connectivity index (χ4n) is 1.97. The highest BCUT2D eigenvalue weighted by atomic mass is 14.9. The zero-order chi connectivity index (χ0) is 12.5. The molecule has 1 nitrogen and oxygen atoms in total. The van der Waals surface area contributed by atoms with Crippen LogP contribution in [0, 0.1) is 0 Å². The minimum absolute atomic E-state index is 0.212. The Morgan fingerprint density at radius 3 is 2.41 bits per heavy atom. The van der Waals surface area contributed by atoms with Gasteiger partial charge in [0.25, 0.3) is 0 Å². The van der Waals surface area contributed by atoms with Gasteiger partial charge < -0.3 is 4.57 Å². The smallest absolute Gasteiger partial charge is 0.0191 e. The van der Waals surface area contributed by atoms with Gasteiger partial charge in [-0.25, -0.2) is 0 Å². The summed E-state index contributed by atoms with van der Waals surface area (Å²) in [5, 5.41) is 0. The van der Waals surface area contributed by atoms with Crippen LogP contribution in [0.2, 0.25) is 0 Å². The molecule has 0 atom stereocenters. The highest BCUT2D eigenvalue weighted by molar-refractivity contribution is 5.64. The molecule has 0 aliphatic heterocycles. The lowest BCUT2D eigenvalue weighted by atomic mass is 9.86. The third kappa shape index (κ3) is 2.60. The number of nitrogens with zero attached hydrogens (tertiary/aromatic N) is 1. The second kappa shape index (κ2) is 4.40. The molecule has 1 heterocycles. The van der Waals surface area contributed by atoms with Crippen molar-refractivity contribution in [3.63, 3.8) is 0 Å². The Balaban J connectivity index is 2.39. The van der Waals surface area contributed by atoms with E-state index in [9.17, 15) is 0 Å². The molecular formula is C16H21N. The number of hydrogen-bond donors (Lipinski definition) is 0. The summed E-state index contributed by atoms with van der Waals surface area (Å²) < 4.78 is 2.21. The van der Waals surface area contributed by atoms with Crippen LogP contribution in [0.1, 0.15) is 33.3 Å². The standard InChI is InChI=1S/C16H21N/c1-5-17-10-9-14(12-17)13-7-6-8-15(11-13)16(2,3)4/h6-12H,5H2,1-4H3. The summed E-state index contributed by atoms with van der Waals surface area (Å²) in [6.45, 7) is 9.95. The van der Waals surface area contributed by atoms with Crippen molar-refractivity contribution in [2.75, 3.05) is 0 Å². The van der Waals surface area contributed by atoms with Crippen molar-refractivity contribution in [3.05, 3.63) is 48.3 Å². The van der Waals surface area contributed by atoms with Crippen molar-refractivity contribution >= 4 is 0 Å². The van der Waals surface area contributed by atoms with Crippen molar-refractivity contribution in [2.45, 2.75) is 39.7 Å². The van der Waals surface area contributed by atoms with Gasteiger partial charge in [0.2, 0.25) is 0 Å². The van der Waals surface area contributed by atoms with E-state index >= 15 is 0 Å². The van der Waals surface area contributed by atoms with Crippen LogP contribution in [0.4, 0.5) is 0 Å². The van der Waals surface area contributed by atoms with Crippen LogP contribution in [0.25, 0.3) is 11.1 Å². The molecule has 0 radical (unpaired) electrons. The van der Waals surface area contributed by atoms with Gasteiger partial charge in [0.1, 0.15) is 0 Å². The monoisotopic (exact) mass is 227 g/mol. The first-order valence-electron chi connectivity index (χ1n) is 6.27. The summed E-state index contributed by atoms with van der Waals surface area (Å²) in [6, 6.07) is 11.0. The van der Waals surface area contributed by atoms with E-state index in [2.05, 4.69) is 75.0 Å². The Kier molecular flexibility index (Phi) is 3.10. The van der Waals surface area contributed by atoms with Gasteiger partial charge in [-0.1, -0.05) is 45.0 Å². The van der Waals surface area contributed by atoms with E-state index in [0.717, 1.165) is 6.54 Å². The van der Waals surface area contributed by atoms with Gasteiger partial charge in [0, 0.05) is 18.9 Å². The van der Waals surface area contributed by atoms with Crippen LogP contribution in [0.15, 0.2) is 42.7 Å². The van der Waals surface area contributed by atoms with Crippen molar-refractivity contribution in [2.24, 2.45) is 0 Å². The van der Waals surface area contributed by atoms with E-state index in [-0.39, 0.29) is 5.41 Å². The molecule has 0 saturated heterocycles. The summed E-state index contributed by atoms with van der Waals surface area (Å²) in [4.78, 5) is 0. The van der Waals surface area contributed by atoms with Crippen molar-refractivity contribution in [3.8, 4) is 11.1 Å². The molecule has 2 rings (SSSR count). The Hall–Kier alpha value is -1.50.